The summed E-state index contributed by atoms with van der Waals surface area (Å²) in [6.07, 6.45) is 3.76. The van der Waals surface area contributed by atoms with Crippen LogP contribution >= 0.6 is 11.8 Å². The van der Waals surface area contributed by atoms with E-state index in [0.29, 0.717) is 6.54 Å². The van der Waals surface area contributed by atoms with Gasteiger partial charge in [-0.15, -0.1) is 10.2 Å². The summed E-state index contributed by atoms with van der Waals surface area (Å²) >= 11 is 1.63. The van der Waals surface area contributed by atoms with E-state index >= 15 is 0 Å². The number of rotatable bonds is 6. The highest BCUT2D eigenvalue weighted by Crippen LogP contribution is 2.34. The number of hydrogen-bond donors (Lipinski definition) is 0. The molecule has 0 spiro atoms. The minimum absolute atomic E-state index is 0.269. The van der Waals surface area contributed by atoms with E-state index in [1.807, 2.05) is 66.5 Å². The molecular formula is C21H19N5O2S. The largest absolute Gasteiger partial charge is 0.454 e. The zero-order chi connectivity index (χ0) is 19.6. The van der Waals surface area contributed by atoms with Crippen molar-refractivity contribution < 1.29 is 9.47 Å². The fraction of sp³-hybridized carbons (Fsp3) is 0.190. The number of nitrogens with zero attached hydrogens (tertiary/aromatic N) is 5. The first-order valence-corrected chi connectivity index (χ1v) is 10.2. The van der Waals surface area contributed by atoms with Gasteiger partial charge in [-0.2, -0.15) is 0 Å². The molecule has 29 heavy (non-hydrogen) atoms. The van der Waals surface area contributed by atoms with Gasteiger partial charge in [0, 0.05) is 25.0 Å². The van der Waals surface area contributed by atoms with E-state index in [1.54, 1.807) is 11.8 Å². The van der Waals surface area contributed by atoms with Gasteiger partial charge in [-0.3, -0.25) is 4.57 Å². The fourth-order valence-electron chi connectivity index (χ4n) is 3.23. The molecule has 0 aliphatic carbocycles. The summed E-state index contributed by atoms with van der Waals surface area (Å²) in [6.45, 7) is 0.905. The highest BCUT2D eigenvalue weighted by Gasteiger charge is 2.18. The Balaban J connectivity index is 1.48. The van der Waals surface area contributed by atoms with Crippen molar-refractivity contribution in [2.45, 2.75) is 17.5 Å². The lowest BCUT2D eigenvalue weighted by molar-refractivity contribution is 0.174. The zero-order valence-electron chi connectivity index (χ0n) is 15.9. The Morgan fingerprint density at radius 2 is 1.90 bits per heavy atom. The number of hydrogen-bond acceptors (Lipinski definition) is 6. The maximum Gasteiger partial charge on any atom is 0.231 e. The van der Waals surface area contributed by atoms with Gasteiger partial charge in [0.05, 0.1) is 12.3 Å². The molecule has 0 saturated carbocycles. The summed E-state index contributed by atoms with van der Waals surface area (Å²) in [6, 6.07) is 16.1. The van der Waals surface area contributed by atoms with Crippen molar-refractivity contribution in [3.8, 4) is 22.9 Å². The molecule has 0 unspecified atom stereocenters. The predicted octanol–water partition coefficient (Wildman–Crippen LogP) is 3.75. The third kappa shape index (κ3) is 3.58. The molecule has 2 aromatic carbocycles. The van der Waals surface area contributed by atoms with Crippen LogP contribution in [0.15, 0.2) is 66.1 Å². The van der Waals surface area contributed by atoms with Crippen LogP contribution in [0.1, 0.15) is 11.4 Å². The maximum atomic E-state index is 5.53. The van der Waals surface area contributed by atoms with E-state index in [1.165, 1.54) is 0 Å². The number of fused-ring (bicyclic) bond motifs is 1. The minimum atomic E-state index is 0.269. The Morgan fingerprint density at radius 1 is 1.03 bits per heavy atom. The fourth-order valence-corrected chi connectivity index (χ4v) is 4.17. The van der Waals surface area contributed by atoms with E-state index in [0.717, 1.165) is 45.2 Å². The van der Waals surface area contributed by atoms with E-state index in [-0.39, 0.29) is 6.79 Å². The molecule has 1 aliphatic rings. The number of ether oxygens (including phenoxy) is 2. The lowest BCUT2D eigenvalue weighted by Gasteiger charge is -2.11. The summed E-state index contributed by atoms with van der Waals surface area (Å²) in [5.41, 5.74) is 2.13. The average Bonchev–Trinajstić information content (AvgIpc) is 3.47. The minimum Gasteiger partial charge on any atom is -0.454 e. The van der Waals surface area contributed by atoms with Crippen LogP contribution in [0.4, 0.5) is 0 Å². The maximum absolute atomic E-state index is 5.53. The number of aryl methyl sites for hydroxylation is 1. The van der Waals surface area contributed by atoms with Gasteiger partial charge in [0.25, 0.3) is 0 Å². The molecule has 146 valence electrons. The predicted molar refractivity (Wildman–Crippen MR) is 110 cm³/mol. The Bertz CT molecular complexity index is 1140. The molecule has 3 heterocycles. The Hall–Kier alpha value is -3.26. The molecule has 0 radical (unpaired) electrons. The van der Waals surface area contributed by atoms with Gasteiger partial charge >= 0.3 is 0 Å². The molecule has 7 nitrogen and oxygen atoms in total. The first-order chi connectivity index (χ1) is 14.3. The summed E-state index contributed by atoms with van der Waals surface area (Å²) in [4.78, 5) is 4.40. The van der Waals surface area contributed by atoms with E-state index < -0.39 is 0 Å². The topological polar surface area (TPSA) is 67.0 Å². The number of aromatic nitrogens is 5. The lowest BCUT2D eigenvalue weighted by atomic mass is 10.2. The Kier molecular flexibility index (Phi) is 4.69. The van der Waals surface area contributed by atoms with Crippen LogP contribution in [0.2, 0.25) is 0 Å². The van der Waals surface area contributed by atoms with Crippen LogP contribution in [0.5, 0.6) is 11.5 Å². The van der Waals surface area contributed by atoms with E-state index in [2.05, 4.69) is 25.8 Å². The molecule has 0 bridgehead atoms. The summed E-state index contributed by atoms with van der Waals surface area (Å²) < 4.78 is 15.1. The highest BCUT2D eigenvalue weighted by atomic mass is 32.2. The molecule has 8 heteroatoms. The van der Waals surface area contributed by atoms with Crippen molar-refractivity contribution in [1.29, 1.82) is 0 Å². The number of imidazole rings is 1. The van der Waals surface area contributed by atoms with Crippen molar-refractivity contribution in [2.24, 2.45) is 7.05 Å². The first kappa shape index (κ1) is 17.8. The van der Waals surface area contributed by atoms with Crippen LogP contribution in [0.3, 0.4) is 0 Å². The number of benzene rings is 2. The molecular weight excluding hydrogens is 386 g/mol. The second-order valence-corrected chi connectivity index (χ2v) is 7.63. The van der Waals surface area contributed by atoms with Crippen molar-refractivity contribution in [1.82, 2.24) is 24.3 Å². The number of thioether (sulfide) groups is 1. The quantitative estimate of drug-likeness (QED) is 0.455. The Labute approximate surface area is 172 Å². The molecule has 4 aromatic rings. The second kappa shape index (κ2) is 7.63. The van der Waals surface area contributed by atoms with E-state index in [4.69, 9.17) is 9.47 Å². The van der Waals surface area contributed by atoms with Gasteiger partial charge in [-0.1, -0.05) is 48.2 Å². The van der Waals surface area contributed by atoms with Crippen molar-refractivity contribution >= 4 is 11.8 Å². The van der Waals surface area contributed by atoms with Gasteiger partial charge in [0.2, 0.25) is 6.79 Å². The highest BCUT2D eigenvalue weighted by molar-refractivity contribution is 7.98. The van der Waals surface area contributed by atoms with Crippen LogP contribution in [0, 0.1) is 0 Å². The van der Waals surface area contributed by atoms with Gasteiger partial charge in [0.15, 0.2) is 22.5 Å². The van der Waals surface area contributed by atoms with Crippen LogP contribution < -0.4 is 9.47 Å². The van der Waals surface area contributed by atoms with Crippen molar-refractivity contribution in [3.63, 3.8) is 0 Å². The standard InChI is InChI=1S/C21H19N5O2S/c1-25-10-9-22-19(25)13-29-21-24-23-20(16-5-3-2-4-6-16)26(21)12-15-7-8-17-18(11-15)28-14-27-17/h2-11H,12-14H2,1H3. The molecule has 0 amide bonds. The van der Waals surface area contributed by atoms with Crippen LogP contribution in [-0.4, -0.2) is 31.1 Å². The zero-order valence-corrected chi connectivity index (χ0v) is 16.7. The molecule has 2 aromatic heterocycles. The van der Waals surface area contributed by atoms with Gasteiger partial charge in [-0.25, -0.2) is 4.98 Å². The van der Waals surface area contributed by atoms with Gasteiger partial charge in [-0.05, 0) is 17.7 Å². The molecule has 5 rings (SSSR count). The van der Waals surface area contributed by atoms with Crippen molar-refractivity contribution in [2.75, 3.05) is 6.79 Å². The van der Waals surface area contributed by atoms with Gasteiger partial charge < -0.3 is 14.0 Å². The van der Waals surface area contributed by atoms with Crippen LogP contribution in [0.25, 0.3) is 11.4 Å². The SMILES string of the molecule is Cn1ccnc1CSc1nnc(-c2ccccc2)n1Cc1ccc2c(c1)OCO2. The molecule has 0 fully saturated rings. The lowest BCUT2D eigenvalue weighted by Crippen LogP contribution is -2.05. The van der Waals surface area contributed by atoms with Crippen molar-refractivity contribution in [3.05, 3.63) is 72.3 Å². The van der Waals surface area contributed by atoms with Crippen LogP contribution in [-0.2, 0) is 19.3 Å². The third-order valence-corrected chi connectivity index (χ3v) is 5.74. The average molecular weight is 405 g/mol. The summed E-state index contributed by atoms with van der Waals surface area (Å²) in [5, 5.41) is 9.81. The summed E-state index contributed by atoms with van der Waals surface area (Å²) in [5.74, 6) is 4.11. The van der Waals surface area contributed by atoms with E-state index in [9.17, 15) is 0 Å². The molecule has 0 saturated heterocycles. The monoisotopic (exact) mass is 405 g/mol. The second-order valence-electron chi connectivity index (χ2n) is 6.69. The summed E-state index contributed by atoms with van der Waals surface area (Å²) in [7, 11) is 2.00. The first-order valence-electron chi connectivity index (χ1n) is 9.24. The molecule has 0 N–H and O–H groups in total. The molecule has 1 aliphatic heterocycles. The normalized spacial score (nSPS) is 12.4. The Morgan fingerprint density at radius 3 is 2.72 bits per heavy atom. The third-order valence-electron chi connectivity index (χ3n) is 4.78. The van der Waals surface area contributed by atoms with Gasteiger partial charge in [0.1, 0.15) is 5.82 Å². The molecule has 0 atom stereocenters. The smallest absolute Gasteiger partial charge is 0.231 e.